The number of nitrogens with one attached hydrogen (secondary N) is 3. The largest absolute Gasteiger partial charge is 0.473 e. The summed E-state index contributed by atoms with van der Waals surface area (Å²) in [4.78, 5) is 69.8. The Hall–Kier alpha value is -4.44. The Kier molecular flexibility index (Phi) is 10.5. The molecule has 4 aliphatic rings. The summed E-state index contributed by atoms with van der Waals surface area (Å²) in [5.41, 5.74) is -0.613. The lowest BCUT2D eigenvalue weighted by Gasteiger charge is -2.27. The van der Waals surface area contributed by atoms with Gasteiger partial charge in [-0.15, -0.1) is 11.3 Å². The van der Waals surface area contributed by atoms with E-state index in [2.05, 4.69) is 20.3 Å². The first kappa shape index (κ1) is 37.9. The monoisotopic (exact) mass is 778 g/mol. The molecule has 1 aliphatic heterocycles. The summed E-state index contributed by atoms with van der Waals surface area (Å²) in [6, 6.07) is 6.41. The molecule has 3 aliphatic carbocycles. The molecule has 3 aromatic rings. The van der Waals surface area contributed by atoms with E-state index in [0.29, 0.717) is 53.8 Å². The predicted molar refractivity (Wildman–Crippen MR) is 201 cm³/mol. The molecule has 3 saturated carbocycles. The minimum Gasteiger partial charge on any atom is -0.473 e. The summed E-state index contributed by atoms with van der Waals surface area (Å²) >= 11 is 1.37. The van der Waals surface area contributed by atoms with Crippen LogP contribution in [0.4, 0.5) is 4.79 Å². The number of ether oxygens (including phenoxy) is 2. The van der Waals surface area contributed by atoms with Crippen LogP contribution in [0.1, 0.15) is 85.0 Å². The highest BCUT2D eigenvalue weighted by Crippen LogP contribution is 2.47. The molecule has 16 heteroatoms. The molecule has 0 spiro atoms. The van der Waals surface area contributed by atoms with Crippen molar-refractivity contribution in [3.63, 3.8) is 0 Å². The van der Waals surface area contributed by atoms with E-state index in [1.54, 1.807) is 27.0 Å². The van der Waals surface area contributed by atoms with E-state index < -0.39 is 74.2 Å². The van der Waals surface area contributed by atoms with Crippen molar-refractivity contribution in [3.8, 4) is 16.6 Å². The highest BCUT2D eigenvalue weighted by molar-refractivity contribution is 7.91. The van der Waals surface area contributed by atoms with Crippen molar-refractivity contribution < 1.29 is 37.1 Å². The van der Waals surface area contributed by atoms with Crippen molar-refractivity contribution in [1.29, 1.82) is 0 Å². The number of carbonyl (C=O) groups is 4. The van der Waals surface area contributed by atoms with Crippen molar-refractivity contribution in [2.24, 2.45) is 17.8 Å². The first-order chi connectivity index (χ1) is 25.7. The average molecular weight is 779 g/mol. The number of aromatic nitrogens is 3. The van der Waals surface area contributed by atoms with E-state index in [9.17, 15) is 27.6 Å². The Labute approximate surface area is 318 Å². The van der Waals surface area contributed by atoms with Crippen LogP contribution in [0.2, 0.25) is 0 Å². The number of hydrogen-bond acceptors (Lipinski definition) is 12. The van der Waals surface area contributed by atoms with E-state index in [0.717, 1.165) is 12.8 Å². The summed E-state index contributed by atoms with van der Waals surface area (Å²) in [5.74, 6) is -3.78. The van der Waals surface area contributed by atoms with Crippen LogP contribution < -0.4 is 20.1 Å². The lowest BCUT2D eigenvalue weighted by molar-refractivity contribution is -0.136. The number of thiazole rings is 1. The SMILES string of the molecule is CC(C)(C)OC(=O)N[C@@H]1CCCCC/C=C\C2C[C@@]2(C(=O)NS(=O)(=O)C2CC2)NC(=O)[C@@H]2C[C@@H](Oc3nc4ccccc4nc3-c3nccs3)CC2C1=O. The maximum Gasteiger partial charge on any atom is 0.408 e. The van der Waals surface area contributed by atoms with E-state index >= 15 is 0 Å². The first-order valence-corrected chi connectivity index (χ1v) is 21.1. The molecule has 1 aromatic carbocycles. The smallest absolute Gasteiger partial charge is 0.408 e. The van der Waals surface area contributed by atoms with Gasteiger partial charge >= 0.3 is 6.09 Å². The van der Waals surface area contributed by atoms with E-state index in [1.165, 1.54) is 11.3 Å². The summed E-state index contributed by atoms with van der Waals surface area (Å²) in [7, 11) is -3.89. The fourth-order valence-electron chi connectivity index (χ4n) is 7.41. The zero-order valence-electron chi connectivity index (χ0n) is 30.6. The average Bonchev–Trinajstić information content (AvgIpc) is 3.97. The summed E-state index contributed by atoms with van der Waals surface area (Å²) in [5, 5.41) is 7.49. The Balaban J connectivity index is 1.21. The number of carbonyl (C=O) groups excluding carboxylic acids is 4. The van der Waals surface area contributed by atoms with Gasteiger partial charge in [-0.05, 0) is 84.3 Å². The highest BCUT2D eigenvalue weighted by atomic mass is 32.2. The second kappa shape index (κ2) is 15.0. The van der Waals surface area contributed by atoms with Crippen LogP contribution in [0.3, 0.4) is 0 Å². The number of para-hydroxylation sites is 2. The second-order valence-electron chi connectivity index (χ2n) is 15.7. The normalized spacial score (nSPS) is 28.4. The zero-order chi connectivity index (χ0) is 38.3. The number of alkyl carbamates (subject to hydrolysis) is 1. The Morgan fingerprint density at radius 3 is 2.44 bits per heavy atom. The Bertz CT molecular complexity index is 2060. The van der Waals surface area contributed by atoms with Crippen LogP contribution in [0, 0.1) is 17.8 Å². The quantitative estimate of drug-likeness (QED) is 0.274. The topological polar surface area (TPSA) is 196 Å². The molecule has 3 N–H and O–H groups in total. The van der Waals surface area contributed by atoms with Gasteiger partial charge < -0.3 is 20.1 Å². The van der Waals surface area contributed by atoms with Crippen molar-refractivity contribution in [2.45, 2.75) is 114 Å². The minimum absolute atomic E-state index is 0.0891. The van der Waals surface area contributed by atoms with Gasteiger partial charge in [-0.1, -0.05) is 37.1 Å². The number of nitrogens with zero attached hydrogens (tertiary/aromatic N) is 3. The number of amides is 3. The lowest BCUT2D eigenvalue weighted by atomic mass is 9.85. The van der Waals surface area contributed by atoms with Crippen LogP contribution in [-0.2, 0) is 29.1 Å². The molecule has 7 rings (SSSR count). The number of benzene rings is 1. The summed E-state index contributed by atoms with van der Waals surface area (Å²) in [6.45, 7) is 5.21. The van der Waals surface area contributed by atoms with Crippen LogP contribution in [-0.4, -0.2) is 75.6 Å². The fourth-order valence-corrected chi connectivity index (χ4v) is 9.39. The maximum absolute atomic E-state index is 14.6. The molecule has 3 amide bonds. The lowest BCUT2D eigenvalue weighted by Crippen LogP contribution is -2.54. The third-order valence-electron chi connectivity index (χ3n) is 10.4. The zero-order valence-corrected chi connectivity index (χ0v) is 32.2. The van der Waals surface area contributed by atoms with Crippen molar-refractivity contribution in [2.75, 3.05) is 0 Å². The molecule has 0 radical (unpaired) electrons. The van der Waals surface area contributed by atoms with Gasteiger partial charge in [0.25, 0.3) is 5.91 Å². The van der Waals surface area contributed by atoms with Crippen molar-refractivity contribution in [3.05, 3.63) is 48.0 Å². The molecular weight excluding hydrogens is 733 g/mol. The minimum atomic E-state index is -3.89. The number of rotatable bonds is 7. The fraction of sp³-hybridized carbons (Fsp3) is 0.553. The van der Waals surface area contributed by atoms with Crippen LogP contribution in [0.25, 0.3) is 21.7 Å². The predicted octanol–water partition coefficient (Wildman–Crippen LogP) is 4.99. The molecule has 2 aromatic heterocycles. The van der Waals surface area contributed by atoms with Gasteiger partial charge in [-0.2, -0.15) is 0 Å². The van der Waals surface area contributed by atoms with E-state index in [-0.39, 0.29) is 30.9 Å². The summed E-state index contributed by atoms with van der Waals surface area (Å²) < 4.78 is 40.0. The van der Waals surface area contributed by atoms with E-state index in [4.69, 9.17) is 19.4 Å². The van der Waals surface area contributed by atoms with Crippen LogP contribution >= 0.6 is 11.3 Å². The molecule has 6 atom stereocenters. The molecule has 3 fully saturated rings. The van der Waals surface area contributed by atoms with Gasteiger partial charge in [0, 0.05) is 23.4 Å². The highest BCUT2D eigenvalue weighted by Gasteiger charge is 2.62. The molecule has 54 heavy (non-hydrogen) atoms. The van der Waals surface area contributed by atoms with Crippen molar-refractivity contribution in [1.82, 2.24) is 30.3 Å². The molecule has 0 saturated heterocycles. The van der Waals surface area contributed by atoms with Gasteiger partial charge in [0.2, 0.25) is 21.8 Å². The number of hydrogen-bond donors (Lipinski definition) is 3. The van der Waals surface area contributed by atoms with Crippen LogP contribution in [0.5, 0.6) is 5.88 Å². The Morgan fingerprint density at radius 2 is 1.74 bits per heavy atom. The third kappa shape index (κ3) is 8.43. The number of allylic oxidation sites excluding steroid dienone is 1. The van der Waals surface area contributed by atoms with Gasteiger partial charge in [-0.3, -0.25) is 19.1 Å². The first-order valence-electron chi connectivity index (χ1n) is 18.6. The number of Topliss-reactive ketones (excluding diaryl/α,β-unsaturated/α-hetero) is 1. The van der Waals surface area contributed by atoms with Gasteiger partial charge in [-0.25, -0.2) is 28.2 Å². The second-order valence-corrected chi connectivity index (χ2v) is 18.6. The molecule has 2 unspecified atom stereocenters. The molecule has 288 valence electrons. The van der Waals surface area contributed by atoms with Gasteiger partial charge in [0.1, 0.15) is 22.3 Å². The van der Waals surface area contributed by atoms with E-state index in [1.807, 2.05) is 41.8 Å². The molecule has 3 heterocycles. The van der Waals surface area contributed by atoms with Crippen LogP contribution in [0.15, 0.2) is 48.0 Å². The molecular formula is C38H46N6O8S2. The Morgan fingerprint density at radius 1 is 1.00 bits per heavy atom. The third-order valence-corrected chi connectivity index (χ3v) is 13.0. The molecule has 0 bridgehead atoms. The van der Waals surface area contributed by atoms with Gasteiger partial charge in [0.15, 0.2) is 11.5 Å². The number of fused-ring (bicyclic) bond motifs is 3. The maximum atomic E-state index is 14.6. The van der Waals surface area contributed by atoms with Gasteiger partial charge in [0.05, 0.1) is 28.2 Å². The van der Waals surface area contributed by atoms with Crippen molar-refractivity contribution >= 4 is 56.1 Å². The summed E-state index contributed by atoms with van der Waals surface area (Å²) in [6.07, 6.45) is 8.71. The standard InChI is InChI=1S/C38H46N6O8S2/c1-37(2,3)52-36(48)42-29-14-8-6-4-5-7-11-22-21-38(22,35(47)44-54(49,50)24-15-16-24)43-32(46)26-20-23(19-25(26)31(29)45)51-33-30(34-39-17-18-53-34)40-27-12-9-10-13-28(27)41-33/h7,9-13,17-18,22-26,29H,4-6,8,14-16,19-21H2,1-3H3,(H,42,48)(H,43,46)(H,44,47)/b11-7-/t22?,23-,25?,26+,29+,38+/m0/s1. The number of ketones is 1. The molecule has 14 nitrogen and oxygen atoms in total. The number of sulfonamides is 1.